The molecule has 0 aliphatic carbocycles. The number of amides is 2. The van der Waals surface area contributed by atoms with Gasteiger partial charge in [0.15, 0.2) is 0 Å². The fourth-order valence-electron chi connectivity index (χ4n) is 5.00. The van der Waals surface area contributed by atoms with Crippen LogP contribution < -0.4 is 19.4 Å². The molecule has 0 saturated carbocycles. The highest BCUT2D eigenvalue weighted by atomic mass is 16.6. The molecule has 0 N–H and O–H groups in total. The van der Waals surface area contributed by atoms with Gasteiger partial charge in [-0.05, 0) is 53.2 Å². The van der Waals surface area contributed by atoms with Gasteiger partial charge in [-0.1, -0.05) is 0 Å². The Morgan fingerprint density at radius 2 is 1.78 bits per heavy atom. The summed E-state index contributed by atoms with van der Waals surface area (Å²) in [5.74, 6) is 0.730. The number of hydrogen-bond donors (Lipinski definition) is 0. The van der Waals surface area contributed by atoms with Gasteiger partial charge in [-0.25, -0.2) is 4.79 Å². The third-order valence-electron chi connectivity index (χ3n) is 6.78. The number of aromatic nitrogens is 1. The second-order valence-electron chi connectivity index (χ2n) is 10.6. The zero-order chi connectivity index (χ0) is 26.9. The number of ether oxygens (including phenoxy) is 3. The topological polar surface area (TPSA) is 84.4 Å². The van der Waals surface area contributed by atoms with Gasteiger partial charge in [0, 0.05) is 55.1 Å². The van der Waals surface area contributed by atoms with E-state index in [-0.39, 0.29) is 12.5 Å². The van der Waals surface area contributed by atoms with Crippen LogP contribution in [-0.4, -0.2) is 62.5 Å². The Morgan fingerprint density at radius 1 is 1.11 bits per heavy atom. The summed E-state index contributed by atoms with van der Waals surface area (Å²) in [5, 5.41) is 0. The normalized spacial score (nSPS) is 15.4. The van der Waals surface area contributed by atoms with Crippen molar-refractivity contribution in [3.8, 4) is 5.75 Å². The van der Waals surface area contributed by atoms with Crippen molar-refractivity contribution in [2.75, 3.05) is 54.7 Å². The molecule has 2 aliphatic heterocycles. The number of methoxy groups -OCH3 is 1. The number of anilines is 3. The van der Waals surface area contributed by atoms with Crippen molar-refractivity contribution in [1.29, 1.82) is 0 Å². The molecule has 3 heterocycles. The maximum Gasteiger partial charge on any atom is 0.415 e. The van der Waals surface area contributed by atoms with E-state index in [2.05, 4.69) is 9.88 Å². The molecule has 9 nitrogen and oxygen atoms in total. The summed E-state index contributed by atoms with van der Waals surface area (Å²) in [7, 11) is 1.64. The van der Waals surface area contributed by atoms with Crippen molar-refractivity contribution in [3.05, 3.63) is 40.7 Å². The molecule has 0 unspecified atom stereocenters. The molecular weight excluding hydrogens is 472 g/mol. The Bertz CT molecular complexity index is 1180. The van der Waals surface area contributed by atoms with Crippen LogP contribution in [0.15, 0.2) is 18.3 Å². The van der Waals surface area contributed by atoms with Crippen LogP contribution in [0.25, 0.3) is 0 Å². The first-order chi connectivity index (χ1) is 17.5. The number of nitrogens with zero attached hydrogens (tertiary/aromatic N) is 4. The van der Waals surface area contributed by atoms with Crippen molar-refractivity contribution < 1.29 is 23.8 Å². The summed E-state index contributed by atoms with van der Waals surface area (Å²) < 4.78 is 17.0. The third-order valence-corrected chi connectivity index (χ3v) is 6.78. The van der Waals surface area contributed by atoms with Gasteiger partial charge in [-0.15, -0.1) is 0 Å². The summed E-state index contributed by atoms with van der Waals surface area (Å²) >= 11 is 0. The van der Waals surface area contributed by atoms with Crippen molar-refractivity contribution in [3.63, 3.8) is 0 Å². The Kier molecular flexibility index (Phi) is 7.64. The molecule has 0 atom stereocenters. The lowest BCUT2D eigenvalue weighted by Crippen LogP contribution is -2.38. The van der Waals surface area contributed by atoms with E-state index in [0.29, 0.717) is 31.1 Å². The molecule has 0 spiro atoms. The van der Waals surface area contributed by atoms with Gasteiger partial charge in [0.25, 0.3) is 0 Å². The maximum atomic E-state index is 13.6. The van der Waals surface area contributed by atoms with Gasteiger partial charge in [0.1, 0.15) is 11.4 Å². The van der Waals surface area contributed by atoms with E-state index < -0.39 is 11.7 Å². The molecule has 1 aromatic carbocycles. The van der Waals surface area contributed by atoms with Gasteiger partial charge < -0.3 is 24.0 Å². The number of hydrogen-bond acceptors (Lipinski definition) is 7. The van der Waals surface area contributed by atoms with E-state index in [1.165, 1.54) is 0 Å². The number of carbonyl (C=O) groups excluding carboxylic acids is 2. The van der Waals surface area contributed by atoms with E-state index in [1.54, 1.807) is 30.0 Å². The van der Waals surface area contributed by atoms with Crippen LogP contribution in [0.3, 0.4) is 0 Å². The third kappa shape index (κ3) is 5.66. The fourth-order valence-corrected chi connectivity index (χ4v) is 5.00. The highest BCUT2D eigenvalue weighted by Gasteiger charge is 2.32. The second kappa shape index (κ2) is 10.6. The highest BCUT2D eigenvalue weighted by molar-refractivity contribution is 5.98. The number of aryl methyl sites for hydroxylation is 1. The molecule has 200 valence electrons. The zero-order valence-electron chi connectivity index (χ0n) is 23.0. The van der Waals surface area contributed by atoms with Crippen molar-refractivity contribution in [1.82, 2.24) is 4.98 Å². The first-order valence-electron chi connectivity index (χ1n) is 12.8. The lowest BCUT2D eigenvalue weighted by Gasteiger charge is -2.33. The van der Waals surface area contributed by atoms with Crippen LogP contribution in [0.2, 0.25) is 0 Å². The Labute approximate surface area is 219 Å². The summed E-state index contributed by atoms with van der Waals surface area (Å²) in [6.45, 7) is 14.6. The summed E-state index contributed by atoms with van der Waals surface area (Å²) in [6, 6.07) is 3.97. The van der Waals surface area contributed by atoms with Crippen LogP contribution in [0.1, 0.15) is 50.1 Å². The molecule has 1 aromatic heterocycles. The average Bonchev–Trinajstić information content (AvgIpc) is 3.27. The Balaban J connectivity index is 1.84. The number of rotatable bonds is 5. The number of benzene rings is 1. The zero-order valence-corrected chi connectivity index (χ0v) is 23.0. The van der Waals surface area contributed by atoms with Crippen molar-refractivity contribution in [2.24, 2.45) is 0 Å². The lowest BCUT2D eigenvalue weighted by atomic mass is 10.1. The first kappa shape index (κ1) is 26.7. The van der Waals surface area contributed by atoms with Gasteiger partial charge in [0.2, 0.25) is 5.91 Å². The SMILES string of the molecule is COc1c(C)cnc(CN(C(=O)OC(C)(C)C)c2cc(N3CCOCC3)c3c(c2)N(C(C)=O)CC3)c1C. The van der Waals surface area contributed by atoms with Gasteiger partial charge in [-0.2, -0.15) is 0 Å². The van der Waals surface area contributed by atoms with E-state index in [4.69, 9.17) is 14.2 Å². The average molecular weight is 511 g/mol. The largest absolute Gasteiger partial charge is 0.496 e. The standard InChI is InChI=1S/C28H38N4O5/c1-18-16-29-23(19(2)26(18)35-7)17-32(27(34)37-28(4,5)6)21-14-24(30-10-12-36-13-11-30)22-8-9-31(20(3)33)25(22)15-21/h14-16H,8-13,17H2,1-7H3. The molecule has 0 radical (unpaired) electrons. The van der Waals surface area contributed by atoms with Crippen molar-refractivity contribution >= 4 is 29.1 Å². The molecule has 9 heteroatoms. The highest BCUT2D eigenvalue weighted by Crippen LogP contribution is 2.41. The lowest BCUT2D eigenvalue weighted by molar-refractivity contribution is -0.116. The second-order valence-corrected chi connectivity index (χ2v) is 10.6. The molecule has 2 amide bonds. The van der Waals surface area contributed by atoms with E-state index >= 15 is 0 Å². The van der Waals surface area contributed by atoms with E-state index in [9.17, 15) is 9.59 Å². The number of carbonyl (C=O) groups is 2. The first-order valence-corrected chi connectivity index (χ1v) is 12.8. The minimum atomic E-state index is -0.683. The minimum absolute atomic E-state index is 0.0200. The molecule has 0 bridgehead atoms. The van der Waals surface area contributed by atoms with Gasteiger partial charge in [0.05, 0.1) is 43.9 Å². The summed E-state index contributed by atoms with van der Waals surface area (Å²) in [4.78, 5) is 36.4. The van der Waals surface area contributed by atoms with E-state index in [0.717, 1.165) is 53.3 Å². The number of pyridine rings is 1. The molecule has 37 heavy (non-hydrogen) atoms. The van der Waals surface area contributed by atoms with Crippen LogP contribution in [-0.2, 0) is 27.2 Å². The molecule has 2 aliphatic rings. The van der Waals surface area contributed by atoms with E-state index in [1.807, 2.05) is 46.8 Å². The quantitative estimate of drug-likeness (QED) is 0.590. The molecule has 1 fully saturated rings. The summed E-state index contributed by atoms with van der Waals surface area (Å²) in [6.07, 6.45) is 2.05. The van der Waals surface area contributed by atoms with Crippen LogP contribution in [0.5, 0.6) is 5.75 Å². The maximum absolute atomic E-state index is 13.6. The van der Waals surface area contributed by atoms with Crippen molar-refractivity contribution in [2.45, 2.75) is 60.1 Å². The Morgan fingerprint density at radius 3 is 2.41 bits per heavy atom. The van der Waals surface area contributed by atoms with Crippen LogP contribution in [0, 0.1) is 13.8 Å². The smallest absolute Gasteiger partial charge is 0.415 e. The molecular formula is C28H38N4O5. The van der Waals surface area contributed by atoms with Crippen LogP contribution in [0.4, 0.5) is 21.9 Å². The fraction of sp³-hybridized carbons (Fsp3) is 0.536. The minimum Gasteiger partial charge on any atom is -0.496 e. The van der Waals surface area contributed by atoms with Gasteiger partial charge in [-0.3, -0.25) is 14.7 Å². The van der Waals surface area contributed by atoms with Gasteiger partial charge >= 0.3 is 6.09 Å². The van der Waals surface area contributed by atoms with Crippen LogP contribution >= 0.6 is 0 Å². The predicted molar refractivity (Wildman–Crippen MR) is 144 cm³/mol. The number of fused-ring (bicyclic) bond motifs is 1. The Hall–Kier alpha value is -3.33. The number of morpholine rings is 1. The molecule has 2 aromatic rings. The summed E-state index contributed by atoms with van der Waals surface area (Å²) in [5.41, 5.74) is 5.47. The monoisotopic (exact) mass is 510 g/mol. The predicted octanol–water partition coefficient (Wildman–Crippen LogP) is 4.39. The molecule has 4 rings (SSSR count). The molecule has 1 saturated heterocycles.